The van der Waals surface area contributed by atoms with Gasteiger partial charge in [0.2, 0.25) is 0 Å². The Morgan fingerprint density at radius 1 is 1.06 bits per heavy atom. The lowest BCUT2D eigenvalue weighted by Crippen LogP contribution is -2.49. The molecule has 1 aliphatic heterocycles. The standard InChI is InChI=1S/C26H28FN3O2S2/c1-2-32-25(31)23-17-22(16-19-7-4-3-5-8-19)34-24(23)28-26(33)30-13-11-29(12-14-30)18-20-9-6-10-21(27)15-20/h3-10,15,17H,2,11-14,16,18H2,1H3,(H,28,33). The molecule has 0 aliphatic carbocycles. The summed E-state index contributed by atoms with van der Waals surface area (Å²) in [4.78, 5) is 18.1. The molecule has 2 heterocycles. The van der Waals surface area contributed by atoms with Crippen LogP contribution in [-0.4, -0.2) is 53.7 Å². The summed E-state index contributed by atoms with van der Waals surface area (Å²) in [5.41, 5.74) is 2.67. The van der Waals surface area contributed by atoms with Crippen LogP contribution in [0.15, 0.2) is 60.7 Å². The van der Waals surface area contributed by atoms with Crippen LogP contribution in [0.3, 0.4) is 0 Å². The minimum Gasteiger partial charge on any atom is -0.462 e. The van der Waals surface area contributed by atoms with E-state index in [0.717, 1.165) is 48.0 Å². The molecule has 1 fully saturated rings. The fourth-order valence-electron chi connectivity index (χ4n) is 3.96. The summed E-state index contributed by atoms with van der Waals surface area (Å²) in [6.45, 7) is 6.01. The maximum atomic E-state index is 13.5. The largest absolute Gasteiger partial charge is 0.462 e. The van der Waals surface area contributed by atoms with Crippen LogP contribution < -0.4 is 5.32 Å². The number of piperazine rings is 1. The highest BCUT2D eigenvalue weighted by atomic mass is 32.1. The number of nitrogens with one attached hydrogen (secondary N) is 1. The number of thiophene rings is 1. The van der Waals surface area contributed by atoms with Crippen molar-refractivity contribution in [3.63, 3.8) is 0 Å². The van der Waals surface area contributed by atoms with Gasteiger partial charge in [0, 0.05) is 44.0 Å². The van der Waals surface area contributed by atoms with Gasteiger partial charge in [0.05, 0.1) is 12.2 Å². The van der Waals surface area contributed by atoms with E-state index in [1.54, 1.807) is 19.1 Å². The molecule has 3 aromatic rings. The minimum atomic E-state index is -0.344. The Hall–Kier alpha value is -2.81. The van der Waals surface area contributed by atoms with Gasteiger partial charge in [-0.05, 0) is 48.5 Å². The zero-order valence-electron chi connectivity index (χ0n) is 19.1. The molecule has 1 saturated heterocycles. The van der Waals surface area contributed by atoms with Crippen molar-refractivity contribution in [2.24, 2.45) is 0 Å². The highest BCUT2D eigenvalue weighted by Crippen LogP contribution is 2.31. The molecule has 2 aromatic carbocycles. The third-order valence-corrected chi connectivity index (χ3v) is 7.09. The quantitative estimate of drug-likeness (QED) is 0.359. The van der Waals surface area contributed by atoms with Crippen molar-refractivity contribution in [1.29, 1.82) is 0 Å². The van der Waals surface area contributed by atoms with E-state index in [1.165, 1.54) is 23.0 Å². The molecule has 0 saturated carbocycles. The Balaban J connectivity index is 1.39. The smallest absolute Gasteiger partial charge is 0.341 e. The van der Waals surface area contributed by atoms with E-state index in [-0.39, 0.29) is 11.8 Å². The summed E-state index contributed by atoms with van der Waals surface area (Å²) in [6.07, 6.45) is 0.741. The van der Waals surface area contributed by atoms with Gasteiger partial charge in [-0.25, -0.2) is 9.18 Å². The molecule has 0 bridgehead atoms. The van der Waals surface area contributed by atoms with Crippen LogP contribution in [0.25, 0.3) is 0 Å². The Kier molecular flexibility index (Phi) is 8.26. The summed E-state index contributed by atoms with van der Waals surface area (Å²) >= 11 is 7.22. The fourth-order valence-corrected chi connectivity index (χ4v) is 5.39. The van der Waals surface area contributed by atoms with E-state index in [4.69, 9.17) is 17.0 Å². The number of anilines is 1. The van der Waals surface area contributed by atoms with Gasteiger partial charge in [-0.2, -0.15) is 0 Å². The molecule has 1 aliphatic rings. The van der Waals surface area contributed by atoms with Gasteiger partial charge in [-0.3, -0.25) is 4.90 Å². The zero-order valence-corrected chi connectivity index (χ0v) is 20.8. The predicted molar refractivity (Wildman–Crippen MR) is 139 cm³/mol. The Morgan fingerprint density at radius 2 is 1.79 bits per heavy atom. The van der Waals surface area contributed by atoms with Gasteiger partial charge in [-0.15, -0.1) is 11.3 Å². The second kappa shape index (κ2) is 11.6. The lowest BCUT2D eigenvalue weighted by atomic mass is 10.1. The van der Waals surface area contributed by atoms with E-state index in [1.807, 2.05) is 30.3 Å². The van der Waals surface area contributed by atoms with E-state index >= 15 is 0 Å². The topological polar surface area (TPSA) is 44.8 Å². The van der Waals surface area contributed by atoms with Crippen molar-refractivity contribution in [3.05, 3.63) is 88.0 Å². The van der Waals surface area contributed by atoms with Crippen LogP contribution in [0.4, 0.5) is 9.39 Å². The number of rotatable bonds is 7. The van der Waals surface area contributed by atoms with Crippen molar-refractivity contribution in [2.45, 2.75) is 19.9 Å². The number of carbonyl (C=O) groups excluding carboxylic acids is 1. The van der Waals surface area contributed by atoms with Crippen molar-refractivity contribution < 1.29 is 13.9 Å². The lowest BCUT2D eigenvalue weighted by Gasteiger charge is -2.36. The van der Waals surface area contributed by atoms with Gasteiger partial charge < -0.3 is 15.0 Å². The first-order valence-corrected chi connectivity index (χ1v) is 12.6. The number of ether oxygens (including phenoxy) is 1. The summed E-state index contributed by atoms with van der Waals surface area (Å²) < 4.78 is 18.7. The number of esters is 1. The van der Waals surface area contributed by atoms with E-state index in [9.17, 15) is 9.18 Å². The maximum Gasteiger partial charge on any atom is 0.341 e. The second-order valence-corrected chi connectivity index (χ2v) is 9.69. The van der Waals surface area contributed by atoms with E-state index in [2.05, 4.69) is 27.2 Å². The number of thiocarbonyl (C=S) groups is 1. The average molecular weight is 498 g/mol. The highest BCUT2D eigenvalue weighted by Gasteiger charge is 2.23. The number of nitrogens with zero attached hydrogens (tertiary/aromatic N) is 2. The zero-order chi connectivity index (χ0) is 23.9. The Bertz CT molecular complexity index is 1130. The van der Waals surface area contributed by atoms with E-state index < -0.39 is 0 Å². The minimum absolute atomic E-state index is 0.207. The van der Waals surface area contributed by atoms with Gasteiger partial charge in [0.15, 0.2) is 5.11 Å². The monoisotopic (exact) mass is 497 g/mol. The molecule has 0 radical (unpaired) electrons. The van der Waals surface area contributed by atoms with Crippen molar-refractivity contribution in [2.75, 3.05) is 38.1 Å². The van der Waals surface area contributed by atoms with Crippen LogP contribution >= 0.6 is 23.6 Å². The number of hydrogen-bond acceptors (Lipinski definition) is 5. The summed E-state index contributed by atoms with van der Waals surface area (Å²) in [5, 5.41) is 4.62. The molecule has 4 rings (SSSR count). The predicted octanol–water partition coefficient (Wildman–Crippen LogP) is 5.17. The van der Waals surface area contributed by atoms with Gasteiger partial charge in [0.1, 0.15) is 10.8 Å². The number of benzene rings is 2. The number of halogens is 1. The number of carbonyl (C=O) groups is 1. The van der Waals surface area contributed by atoms with Gasteiger partial charge in [0.25, 0.3) is 0 Å². The normalized spacial score (nSPS) is 14.1. The third-order valence-electron chi connectivity index (χ3n) is 5.67. The molecule has 178 valence electrons. The van der Waals surface area contributed by atoms with Crippen molar-refractivity contribution >= 4 is 39.6 Å². The molecule has 1 aromatic heterocycles. The molecule has 0 spiro atoms. The van der Waals surface area contributed by atoms with Crippen molar-refractivity contribution in [3.8, 4) is 0 Å². The second-order valence-electron chi connectivity index (χ2n) is 8.16. The summed E-state index contributed by atoms with van der Waals surface area (Å²) in [5.74, 6) is -0.551. The summed E-state index contributed by atoms with van der Waals surface area (Å²) in [6, 6.07) is 18.8. The molecule has 8 heteroatoms. The highest BCUT2D eigenvalue weighted by molar-refractivity contribution is 7.80. The molecule has 5 nitrogen and oxygen atoms in total. The van der Waals surface area contributed by atoms with Crippen LogP contribution in [0.2, 0.25) is 0 Å². The molecule has 0 unspecified atom stereocenters. The Morgan fingerprint density at radius 3 is 2.50 bits per heavy atom. The summed E-state index contributed by atoms with van der Waals surface area (Å²) in [7, 11) is 0. The van der Waals surface area contributed by atoms with Crippen molar-refractivity contribution in [1.82, 2.24) is 9.80 Å². The first kappa shape index (κ1) is 24.3. The van der Waals surface area contributed by atoms with Gasteiger partial charge >= 0.3 is 5.97 Å². The first-order valence-electron chi connectivity index (χ1n) is 11.4. The van der Waals surface area contributed by atoms with Crippen LogP contribution in [0.5, 0.6) is 0 Å². The SMILES string of the molecule is CCOC(=O)c1cc(Cc2ccccc2)sc1NC(=S)N1CCN(Cc2cccc(F)c2)CC1. The maximum absolute atomic E-state index is 13.5. The molecular weight excluding hydrogens is 469 g/mol. The molecule has 1 N–H and O–H groups in total. The first-order chi connectivity index (χ1) is 16.5. The lowest BCUT2D eigenvalue weighted by molar-refractivity contribution is 0.0528. The van der Waals surface area contributed by atoms with Crippen LogP contribution in [0.1, 0.15) is 33.3 Å². The molecule has 34 heavy (non-hydrogen) atoms. The third kappa shape index (κ3) is 6.40. The average Bonchev–Trinajstić information content (AvgIpc) is 3.22. The van der Waals surface area contributed by atoms with E-state index in [0.29, 0.717) is 23.8 Å². The van der Waals surface area contributed by atoms with Gasteiger partial charge in [-0.1, -0.05) is 42.5 Å². The van der Waals surface area contributed by atoms with Crippen LogP contribution in [-0.2, 0) is 17.7 Å². The molecule has 0 atom stereocenters. The number of hydrogen-bond donors (Lipinski definition) is 1. The molecular formula is C26H28FN3O2S2. The van der Waals surface area contributed by atoms with Crippen LogP contribution in [0, 0.1) is 5.82 Å². The fraction of sp³-hybridized carbons (Fsp3) is 0.308. The molecule has 0 amide bonds. The Labute approximate surface area is 209 Å².